The van der Waals surface area contributed by atoms with Crippen molar-refractivity contribution in [3.8, 4) is 0 Å². The molecular formula is C23H38O. The lowest BCUT2D eigenvalue weighted by molar-refractivity contribution is 0.478. The lowest BCUT2D eigenvalue weighted by Crippen LogP contribution is -2.12. The van der Waals surface area contributed by atoms with Gasteiger partial charge in [0.25, 0.3) is 0 Å². The van der Waals surface area contributed by atoms with Crippen LogP contribution in [0.5, 0.6) is 0 Å². The molecule has 0 aliphatic heterocycles. The van der Waals surface area contributed by atoms with E-state index in [4.69, 9.17) is 0 Å². The predicted octanol–water partition coefficient (Wildman–Crippen LogP) is 6.98. The Morgan fingerprint density at radius 3 is 1.12 bits per heavy atom. The molecule has 0 bridgehead atoms. The fourth-order valence-electron chi connectivity index (χ4n) is 4.06. The van der Waals surface area contributed by atoms with Gasteiger partial charge in [0.2, 0.25) is 0 Å². The van der Waals surface area contributed by atoms with E-state index in [2.05, 4.69) is 34.6 Å². The minimum absolute atomic E-state index is 1.12. The van der Waals surface area contributed by atoms with Crippen LogP contribution in [0.2, 0.25) is 0 Å². The highest BCUT2D eigenvalue weighted by molar-refractivity contribution is 5.65. The number of aliphatic hydroxyl groups is 1. The Morgan fingerprint density at radius 1 is 0.542 bits per heavy atom. The average molecular weight is 331 g/mol. The van der Waals surface area contributed by atoms with Crippen LogP contribution in [0, 0.1) is 0 Å². The predicted molar refractivity (Wildman–Crippen MR) is 108 cm³/mol. The summed E-state index contributed by atoms with van der Waals surface area (Å²) < 4.78 is 0. The Hall–Kier alpha value is -1.24. The molecule has 0 amide bonds. The lowest BCUT2D eigenvalue weighted by Gasteiger charge is -2.26. The van der Waals surface area contributed by atoms with Gasteiger partial charge in [-0.2, -0.15) is 0 Å². The molecule has 0 atom stereocenters. The van der Waals surface area contributed by atoms with Crippen molar-refractivity contribution in [2.75, 3.05) is 0 Å². The van der Waals surface area contributed by atoms with Crippen molar-refractivity contribution in [3.63, 3.8) is 0 Å². The molecule has 0 spiro atoms. The third-order valence-corrected chi connectivity index (χ3v) is 4.85. The smallest absolute Gasteiger partial charge is 0.0797 e. The van der Waals surface area contributed by atoms with Gasteiger partial charge in [0, 0.05) is 0 Å². The van der Waals surface area contributed by atoms with E-state index in [-0.39, 0.29) is 0 Å². The van der Waals surface area contributed by atoms with Gasteiger partial charge in [0.1, 0.15) is 0 Å². The zero-order valence-corrected chi connectivity index (χ0v) is 16.7. The molecule has 0 radical (unpaired) electrons. The van der Waals surface area contributed by atoms with E-state index >= 15 is 0 Å². The maximum absolute atomic E-state index is 9.54. The summed E-state index contributed by atoms with van der Waals surface area (Å²) in [5.74, 6) is 0. The third-order valence-electron chi connectivity index (χ3n) is 4.85. The molecule has 0 aromatic heterocycles. The summed E-state index contributed by atoms with van der Waals surface area (Å²) in [7, 11) is 0. The van der Waals surface area contributed by atoms with Crippen LogP contribution in [-0.4, -0.2) is 5.11 Å². The first kappa shape index (κ1) is 20.8. The molecule has 0 fully saturated rings. The Bertz CT molecular complexity index is 488. The van der Waals surface area contributed by atoms with Gasteiger partial charge in [0.15, 0.2) is 0 Å². The Morgan fingerprint density at radius 2 is 0.833 bits per heavy atom. The van der Waals surface area contributed by atoms with Crippen molar-refractivity contribution >= 4 is 6.08 Å². The second kappa shape index (κ2) is 11.3. The zero-order chi connectivity index (χ0) is 17.9. The number of benzene rings is 1. The zero-order valence-electron chi connectivity index (χ0n) is 16.7. The number of hydrogen-bond acceptors (Lipinski definition) is 1. The van der Waals surface area contributed by atoms with E-state index in [1.54, 1.807) is 16.7 Å². The monoisotopic (exact) mass is 330 g/mol. The molecule has 0 heterocycles. The van der Waals surface area contributed by atoms with E-state index in [0.29, 0.717) is 0 Å². The van der Waals surface area contributed by atoms with Crippen LogP contribution < -0.4 is 0 Å². The second-order valence-corrected chi connectivity index (χ2v) is 6.87. The molecular weight excluding hydrogens is 292 g/mol. The molecule has 0 aliphatic carbocycles. The van der Waals surface area contributed by atoms with Crippen molar-refractivity contribution < 1.29 is 5.11 Å². The Labute approximate surface area is 150 Å². The number of hydrogen-bond donors (Lipinski definition) is 1. The highest BCUT2D eigenvalue weighted by atomic mass is 16.2. The highest BCUT2D eigenvalue weighted by Crippen LogP contribution is 2.34. The quantitative estimate of drug-likeness (QED) is 0.434. The van der Waals surface area contributed by atoms with E-state index in [0.717, 1.165) is 25.7 Å². The first-order valence-corrected chi connectivity index (χ1v) is 10.2. The molecule has 0 aliphatic rings. The van der Waals surface area contributed by atoms with E-state index in [1.165, 1.54) is 61.5 Å². The lowest BCUT2D eigenvalue weighted by atomic mass is 9.79. The van der Waals surface area contributed by atoms with Crippen molar-refractivity contribution in [2.24, 2.45) is 0 Å². The SMILES string of the molecule is CCCc1c(C=CO)c(CCC)c(CCC)c(CCC)c1CCC. The van der Waals surface area contributed by atoms with Crippen LogP contribution in [0.1, 0.15) is 100 Å². The first-order chi connectivity index (χ1) is 11.7. The van der Waals surface area contributed by atoms with Gasteiger partial charge in [-0.1, -0.05) is 66.7 Å². The van der Waals surface area contributed by atoms with Crippen LogP contribution in [0.4, 0.5) is 0 Å². The molecule has 1 aromatic carbocycles. The summed E-state index contributed by atoms with van der Waals surface area (Å²) in [5.41, 5.74) is 9.18. The van der Waals surface area contributed by atoms with Gasteiger partial charge in [-0.05, 0) is 71.6 Å². The van der Waals surface area contributed by atoms with E-state index in [1.807, 2.05) is 6.08 Å². The molecule has 1 heteroatoms. The van der Waals surface area contributed by atoms with Crippen LogP contribution in [0.25, 0.3) is 6.08 Å². The first-order valence-electron chi connectivity index (χ1n) is 10.2. The average Bonchev–Trinajstić information content (AvgIpc) is 2.57. The minimum atomic E-state index is 1.12. The van der Waals surface area contributed by atoms with Gasteiger partial charge >= 0.3 is 0 Å². The van der Waals surface area contributed by atoms with E-state index < -0.39 is 0 Å². The van der Waals surface area contributed by atoms with Crippen molar-refractivity contribution in [1.29, 1.82) is 0 Å². The minimum Gasteiger partial charge on any atom is -0.516 e. The molecule has 1 nitrogen and oxygen atoms in total. The summed E-state index contributed by atoms with van der Waals surface area (Å²) in [5, 5.41) is 9.54. The van der Waals surface area contributed by atoms with Crippen molar-refractivity contribution in [3.05, 3.63) is 39.6 Å². The Kier molecular flexibility index (Phi) is 9.83. The second-order valence-electron chi connectivity index (χ2n) is 6.87. The van der Waals surface area contributed by atoms with Crippen LogP contribution in [0.3, 0.4) is 0 Å². The standard InChI is InChI=1S/C23H38O/c1-6-11-18-19(12-7-2)21(14-9-4)23(16-17-24)22(15-10-5)20(18)13-8-3/h16-17,24H,6-15H2,1-5H3. The van der Waals surface area contributed by atoms with Gasteiger partial charge in [-0.15, -0.1) is 0 Å². The summed E-state index contributed by atoms with van der Waals surface area (Å²) in [4.78, 5) is 0. The summed E-state index contributed by atoms with van der Waals surface area (Å²) >= 11 is 0. The molecule has 1 rings (SSSR count). The number of aliphatic hydroxyl groups excluding tert-OH is 1. The molecule has 24 heavy (non-hydrogen) atoms. The maximum atomic E-state index is 9.54. The molecule has 1 aromatic rings. The maximum Gasteiger partial charge on any atom is 0.0797 e. The fourth-order valence-corrected chi connectivity index (χ4v) is 4.06. The van der Waals surface area contributed by atoms with Gasteiger partial charge < -0.3 is 5.11 Å². The van der Waals surface area contributed by atoms with Crippen molar-refractivity contribution in [1.82, 2.24) is 0 Å². The molecule has 0 saturated heterocycles. The molecule has 1 N–H and O–H groups in total. The molecule has 0 saturated carbocycles. The highest BCUT2D eigenvalue weighted by Gasteiger charge is 2.20. The summed E-state index contributed by atoms with van der Waals surface area (Å²) in [6, 6.07) is 0. The van der Waals surface area contributed by atoms with Gasteiger partial charge in [-0.25, -0.2) is 0 Å². The number of rotatable bonds is 11. The largest absolute Gasteiger partial charge is 0.516 e. The third kappa shape index (κ3) is 4.88. The van der Waals surface area contributed by atoms with Crippen LogP contribution in [-0.2, 0) is 32.1 Å². The summed E-state index contributed by atoms with van der Waals surface area (Å²) in [6.45, 7) is 11.4. The van der Waals surface area contributed by atoms with E-state index in [9.17, 15) is 5.11 Å². The van der Waals surface area contributed by atoms with Gasteiger partial charge in [0.05, 0.1) is 6.26 Å². The topological polar surface area (TPSA) is 20.2 Å². The summed E-state index contributed by atoms with van der Waals surface area (Å²) in [6.07, 6.45) is 14.9. The Balaban J connectivity index is 3.81. The normalized spacial score (nSPS) is 11.5. The van der Waals surface area contributed by atoms with Gasteiger partial charge in [-0.3, -0.25) is 0 Å². The van der Waals surface area contributed by atoms with Crippen LogP contribution in [0.15, 0.2) is 6.26 Å². The fraction of sp³-hybridized carbons (Fsp3) is 0.652. The van der Waals surface area contributed by atoms with Crippen molar-refractivity contribution in [2.45, 2.75) is 98.8 Å². The molecule has 136 valence electrons. The molecule has 0 unspecified atom stereocenters. The van der Waals surface area contributed by atoms with Crippen LogP contribution >= 0.6 is 0 Å².